The third-order valence-corrected chi connectivity index (χ3v) is 4.16. The SMILES string of the molecule is CC(C)N(Cc1ccccc1)c1ncc(C(=O)Nc2ccc(F)cc2F)cn1. The summed E-state index contributed by atoms with van der Waals surface area (Å²) in [6, 6.07) is 13.0. The molecule has 1 heterocycles. The Labute approximate surface area is 162 Å². The maximum atomic E-state index is 13.7. The molecule has 1 amide bonds. The topological polar surface area (TPSA) is 58.1 Å². The minimum atomic E-state index is -0.847. The van der Waals surface area contributed by atoms with E-state index in [1.54, 1.807) is 0 Å². The molecule has 28 heavy (non-hydrogen) atoms. The van der Waals surface area contributed by atoms with Crippen molar-refractivity contribution in [1.82, 2.24) is 9.97 Å². The van der Waals surface area contributed by atoms with Crippen LogP contribution >= 0.6 is 0 Å². The van der Waals surface area contributed by atoms with Gasteiger partial charge in [0.15, 0.2) is 0 Å². The number of rotatable bonds is 6. The monoisotopic (exact) mass is 382 g/mol. The van der Waals surface area contributed by atoms with E-state index in [9.17, 15) is 13.6 Å². The number of carbonyl (C=O) groups is 1. The van der Waals surface area contributed by atoms with E-state index >= 15 is 0 Å². The molecule has 0 bridgehead atoms. The number of aromatic nitrogens is 2. The predicted octanol–water partition coefficient (Wildman–Crippen LogP) is 4.42. The van der Waals surface area contributed by atoms with Crippen LogP contribution in [0.1, 0.15) is 29.8 Å². The summed E-state index contributed by atoms with van der Waals surface area (Å²) >= 11 is 0. The Bertz CT molecular complexity index is 946. The van der Waals surface area contributed by atoms with Crippen LogP contribution in [0, 0.1) is 11.6 Å². The van der Waals surface area contributed by atoms with Gasteiger partial charge in [0.25, 0.3) is 5.91 Å². The highest BCUT2D eigenvalue weighted by Gasteiger charge is 2.16. The van der Waals surface area contributed by atoms with Gasteiger partial charge < -0.3 is 10.2 Å². The Balaban J connectivity index is 1.74. The highest BCUT2D eigenvalue weighted by atomic mass is 19.1. The van der Waals surface area contributed by atoms with Crippen molar-refractivity contribution in [2.24, 2.45) is 0 Å². The molecule has 0 fully saturated rings. The van der Waals surface area contributed by atoms with E-state index in [4.69, 9.17) is 0 Å². The average Bonchev–Trinajstić information content (AvgIpc) is 2.69. The van der Waals surface area contributed by atoms with Crippen molar-refractivity contribution in [3.05, 3.63) is 83.7 Å². The summed E-state index contributed by atoms with van der Waals surface area (Å²) in [4.78, 5) is 22.9. The number of nitrogens with zero attached hydrogens (tertiary/aromatic N) is 3. The zero-order valence-electron chi connectivity index (χ0n) is 15.6. The molecule has 3 rings (SSSR count). The van der Waals surface area contributed by atoms with Gasteiger partial charge in [0.05, 0.1) is 11.3 Å². The van der Waals surface area contributed by atoms with E-state index in [0.717, 1.165) is 17.7 Å². The molecule has 1 N–H and O–H groups in total. The zero-order valence-corrected chi connectivity index (χ0v) is 15.6. The first kappa shape index (κ1) is 19.4. The largest absolute Gasteiger partial charge is 0.334 e. The van der Waals surface area contributed by atoms with Crippen LogP contribution in [0.15, 0.2) is 60.9 Å². The van der Waals surface area contributed by atoms with Gasteiger partial charge in [0.1, 0.15) is 11.6 Å². The Morgan fingerprint density at radius 2 is 1.75 bits per heavy atom. The summed E-state index contributed by atoms with van der Waals surface area (Å²) in [5, 5.41) is 2.39. The Kier molecular flexibility index (Phi) is 5.93. The summed E-state index contributed by atoms with van der Waals surface area (Å²) in [5.74, 6) is -1.64. The van der Waals surface area contributed by atoms with E-state index in [1.165, 1.54) is 12.4 Å². The van der Waals surface area contributed by atoms with Crippen molar-refractivity contribution < 1.29 is 13.6 Å². The Morgan fingerprint density at radius 3 is 2.36 bits per heavy atom. The lowest BCUT2D eigenvalue weighted by atomic mass is 10.2. The maximum absolute atomic E-state index is 13.7. The quantitative estimate of drug-likeness (QED) is 0.686. The van der Waals surface area contributed by atoms with Gasteiger partial charge in [-0.2, -0.15) is 0 Å². The van der Waals surface area contributed by atoms with Gasteiger partial charge in [0, 0.05) is 31.0 Å². The first-order chi connectivity index (χ1) is 13.4. The van der Waals surface area contributed by atoms with E-state index in [-0.39, 0.29) is 17.3 Å². The second kappa shape index (κ2) is 8.56. The number of hydrogen-bond acceptors (Lipinski definition) is 4. The number of nitrogens with one attached hydrogen (secondary N) is 1. The molecule has 0 saturated carbocycles. The predicted molar refractivity (Wildman–Crippen MR) is 104 cm³/mol. The van der Waals surface area contributed by atoms with Crippen LogP contribution in [0.2, 0.25) is 0 Å². The number of hydrogen-bond donors (Lipinski definition) is 1. The van der Waals surface area contributed by atoms with E-state index in [1.807, 2.05) is 49.1 Å². The average molecular weight is 382 g/mol. The molecular weight excluding hydrogens is 362 g/mol. The normalized spacial score (nSPS) is 10.8. The highest BCUT2D eigenvalue weighted by Crippen LogP contribution is 2.18. The summed E-state index contributed by atoms with van der Waals surface area (Å²) in [6.45, 7) is 4.69. The van der Waals surface area contributed by atoms with Crippen LogP contribution < -0.4 is 10.2 Å². The van der Waals surface area contributed by atoms with Crippen molar-refractivity contribution in [1.29, 1.82) is 0 Å². The van der Waals surface area contributed by atoms with Gasteiger partial charge in [-0.25, -0.2) is 18.7 Å². The molecule has 0 radical (unpaired) electrons. The third kappa shape index (κ3) is 4.68. The van der Waals surface area contributed by atoms with Crippen molar-refractivity contribution in [2.75, 3.05) is 10.2 Å². The number of benzene rings is 2. The van der Waals surface area contributed by atoms with Crippen molar-refractivity contribution in [3.8, 4) is 0 Å². The molecule has 7 heteroatoms. The molecule has 0 aliphatic heterocycles. The molecule has 0 spiro atoms. The third-order valence-electron chi connectivity index (χ3n) is 4.16. The zero-order chi connectivity index (χ0) is 20.1. The fourth-order valence-corrected chi connectivity index (χ4v) is 2.64. The smallest absolute Gasteiger partial charge is 0.258 e. The molecule has 2 aromatic carbocycles. The molecule has 0 atom stereocenters. The number of carbonyl (C=O) groups excluding carboxylic acids is 1. The van der Waals surface area contributed by atoms with E-state index in [2.05, 4.69) is 15.3 Å². The molecule has 5 nitrogen and oxygen atoms in total. The first-order valence-corrected chi connectivity index (χ1v) is 8.83. The second-order valence-corrected chi connectivity index (χ2v) is 6.56. The molecule has 0 aliphatic rings. The van der Waals surface area contributed by atoms with Gasteiger partial charge >= 0.3 is 0 Å². The molecule has 3 aromatic rings. The molecule has 0 saturated heterocycles. The summed E-state index contributed by atoms with van der Waals surface area (Å²) < 4.78 is 26.7. The maximum Gasteiger partial charge on any atom is 0.258 e. The van der Waals surface area contributed by atoms with Crippen LogP contribution in [-0.4, -0.2) is 21.9 Å². The van der Waals surface area contributed by atoms with Crippen molar-refractivity contribution in [2.45, 2.75) is 26.4 Å². The number of halogens is 2. The highest BCUT2D eigenvalue weighted by molar-refractivity contribution is 6.03. The Hall–Kier alpha value is -3.35. The molecule has 0 aliphatic carbocycles. The number of anilines is 2. The fourth-order valence-electron chi connectivity index (χ4n) is 2.64. The number of amides is 1. The summed E-state index contributed by atoms with van der Waals surface area (Å²) in [5.41, 5.74) is 1.19. The Morgan fingerprint density at radius 1 is 1.07 bits per heavy atom. The van der Waals surface area contributed by atoms with Crippen molar-refractivity contribution >= 4 is 17.5 Å². The van der Waals surface area contributed by atoms with Crippen molar-refractivity contribution in [3.63, 3.8) is 0 Å². The van der Waals surface area contributed by atoms with Crippen LogP contribution in [0.3, 0.4) is 0 Å². The van der Waals surface area contributed by atoms with Gasteiger partial charge in [-0.05, 0) is 31.5 Å². The fraction of sp³-hybridized carbons (Fsp3) is 0.190. The minimum absolute atomic E-state index is 0.108. The van der Waals surface area contributed by atoms with Gasteiger partial charge in [-0.15, -0.1) is 0 Å². The second-order valence-electron chi connectivity index (χ2n) is 6.56. The molecular formula is C21H20F2N4O. The first-order valence-electron chi connectivity index (χ1n) is 8.83. The van der Waals surface area contributed by atoms with E-state index < -0.39 is 17.5 Å². The van der Waals surface area contributed by atoms with Crippen LogP contribution in [-0.2, 0) is 6.54 Å². The lowest BCUT2D eigenvalue weighted by Gasteiger charge is -2.26. The van der Waals surface area contributed by atoms with Gasteiger partial charge in [-0.1, -0.05) is 30.3 Å². The summed E-state index contributed by atoms with van der Waals surface area (Å²) in [6.07, 6.45) is 2.78. The van der Waals surface area contributed by atoms with Gasteiger partial charge in [-0.3, -0.25) is 4.79 Å². The van der Waals surface area contributed by atoms with Crippen LogP contribution in [0.5, 0.6) is 0 Å². The van der Waals surface area contributed by atoms with Gasteiger partial charge in [0.2, 0.25) is 5.95 Å². The van der Waals surface area contributed by atoms with E-state index in [0.29, 0.717) is 18.6 Å². The molecule has 1 aromatic heterocycles. The standard InChI is InChI=1S/C21H20F2N4O/c1-14(2)27(13-15-6-4-3-5-7-15)21-24-11-16(12-25-21)20(28)26-19-9-8-17(22)10-18(19)23/h3-12,14H,13H2,1-2H3,(H,26,28). The lowest BCUT2D eigenvalue weighted by molar-refractivity contribution is 0.102. The van der Waals surface area contributed by atoms with Crippen LogP contribution in [0.25, 0.3) is 0 Å². The van der Waals surface area contributed by atoms with Crippen LogP contribution in [0.4, 0.5) is 20.4 Å². The summed E-state index contributed by atoms with van der Waals surface area (Å²) in [7, 11) is 0. The molecule has 0 unspecified atom stereocenters. The lowest BCUT2D eigenvalue weighted by Crippen LogP contribution is -2.32. The molecule has 144 valence electrons. The minimum Gasteiger partial charge on any atom is -0.334 e.